The molecule has 0 unspecified atom stereocenters. The summed E-state index contributed by atoms with van der Waals surface area (Å²) in [5.41, 5.74) is 2.09. The van der Waals surface area contributed by atoms with Gasteiger partial charge in [0.05, 0.1) is 10.3 Å². The fraction of sp³-hybridized carbons (Fsp3) is 0.235. The Labute approximate surface area is 122 Å². The molecule has 2 aromatic heterocycles. The number of fused-ring (bicyclic) bond motifs is 1. The molecule has 2 heterocycles. The Morgan fingerprint density at radius 3 is 2.35 bits per heavy atom. The Morgan fingerprint density at radius 2 is 1.70 bits per heavy atom. The van der Waals surface area contributed by atoms with Crippen LogP contribution in [0.4, 0.5) is 0 Å². The average Bonchev–Trinajstić information content (AvgIpc) is 2.76. The fourth-order valence-electron chi connectivity index (χ4n) is 2.17. The topological polar surface area (TPSA) is 33.1 Å². The van der Waals surface area contributed by atoms with E-state index in [1.165, 1.54) is 0 Å². The van der Waals surface area contributed by atoms with Crippen molar-refractivity contribution in [2.24, 2.45) is 0 Å². The van der Waals surface area contributed by atoms with Crippen LogP contribution in [0.15, 0.2) is 42.5 Å². The summed E-state index contributed by atoms with van der Waals surface area (Å²) < 4.78 is 0. The molecule has 0 amide bonds. The van der Waals surface area contributed by atoms with Crippen LogP contribution in [0.3, 0.4) is 0 Å². The van der Waals surface area contributed by atoms with Gasteiger partial charge < -0.3 is 5.11 Å². The number of aromatic nitrogens is 1. The minimum Gasteiger partial charge on any atom is -0.506 e. The highest BCUT2D eigenvalue weighted by Gasteiger charge is 2.19. The van der Waals surface area contributed by atoms with Gasteiger partial charge in [-0.15, -0.1) is 11.3 Å². The van der Waals surface area contributed by atoms with Gasteiger partial charge in [-0.05, 0) is 17.7 Å². The number of hydrogen-bond donors (Lipinski definition) is 1. The molecule has 102 valence electrons. The van der Waals surface area contributed by atoms with Gasteiger partial charge in [0.1, 0.15) is 10.6 Å². The molecule has 0 spiro atoms. The second kappa shape index (κ2) is 4.60. The third-order valence-corrected chi connectivity index (χ3v) is 4.47. The van der Waals surface area contributed by atoms with Crippen LogP contribution in [-0.4, -0.2) is 10.1 Å². The molecule has 3 rings (SSSR count). The van der Waals surface area contributed by atoms with Crippen LogP contribution in [0.5, 0.6) is 5.75 Å². The predicted octanol–water partition coefficient (Wildman–Crippen LogP) is 4.97. The summed E-state index contributed by atoms with van der Waals surface area (Å²) in [6.45, 7) is 6.44. The van der Waals surface area contributed by atoms with Crippen molar-refractivity contribution in [1.82, 2.24) is 4.98 Å². The summed E-state index contributed by atoms with van der Waals surface area (Å²) in [6.07, 6.45) is 0. The standard InChI is InChI=1S/C17H17NOS/c1-17(2,3)13-10-9-12-14(19)15(20-16(12)18-13)11-7-5-4-6-8-11/h4-10,19H,1-3H3. The zero-order valence-electron chi connectivity index (χ0n) is 11.8. The molecule has 1 N–H and O–H groups in total. The molecule has 3 heteroatoms. The molecule has 0 bridgehead atoms. The van der Waals surface area contributed by atoms with Crippen molar-refractivity contribution in [1.29, 1.82) is 0 Å². The van der Waals surface area contributed by atoms with E-state index in [0.29, 0.717) is 5.75 Å². The highest BCUT2D eigenvalue weighted by Crippen LogP contribution is 2.43. The van der Waals surface area contributed by atoms with Crippen LogP contribution in [0, 0.1) is 0 Å². The van der Waals surface area contributed by atoms with Crippen molar-refractivity contribution < 1.29 is 5.11 Å². The van der Waals surface area contributed by atoms with Crippen LogP contribution in [0.25, 0.3) is 20.7 Å². The molecular weight excluding hydrogens is 266 g/mol. The summed E-state index contributed by atoms with van der Waals surface area (Å²) in [4.78, 5) is 6.50. The van der Waals surface area contributed by atoms with Crippen LogP contribution in [0.2, 0.25) is 0 Å². The summed E-state index contributed by atoms with van der Waals surface area (Å²) in [6, 6.07) is 13.9. The summed E-state index contributed by atoms with van der Waals surface area (Å²) in [5, 5.41) is 11.2. The van der Waals surface area contributed by atoms with E-state index in [1.807, 2.05) is 42.5 Å². The molecule has 0 saturated heterocycles. The number of aromatic hydroxyl groups is 1. The van der Waals surface area contributed by atoms with Crippen molar-refractivity contribution in [3.63, 3.8) is 0 Å². The molecule has 20 heavy (non-hydrogen) atoms. The number of hydrogen-bond acceptors (Lipinski definition) is 3. The van der Waals surface area contributed by atoms with Crippen molar-refractivity contribution in [2.75, 3.05) is 0 Å². The van der Waals surface area contributed by atoms with Gasteiger partial charge in [0.2, 0.25) is 0 Å². The van der Waals surface area contributed by atoms with Crippen molar-refractivity contribution >= 4 is 21.6 Å². The smallest absolute Gasteiger partial charge is 0.143 e. The maximum absolute atomic E-state index is 10.4. The molecule has 1 aromatic carbocycles. The van der Waals surface area contributed by atoms with Crippen molar-refractivity contribution in [3.05, 3.63) is 48.2 Å². The van der Waals surface area contributed by atoms with Crippen LogP contribution >= 0.6 is 11.3 Å². The number of rotatable bonds is 1. The molecule has 0 fully saturated rings. The quantitative estimate of drug-likeness (QED) is 0.684. The normalized spacial score (nSPS) is 11.9. The van der Waals surface area contributed by atoms with Crippen LogP contribution in [0.1, 0.15) is 26.5 Å². The third kappa shape index (κ3) is 2.18. The van der Waals surface area contributed by atoms with Gasteiger partial charge in [-0.3, -0.25) is 0 Å². The maximum atomic E-state index is 10.4. The molecule has 0 saturated carbocycles. The molecule has 0 radical (unpaired) electrons. The monoisotopic (exact) mass is 283 g/mol. The van der Waals surface area contributed by atoms with E-state index < -0.39 is 0 Å². The Balaban J connectivity index is 2.20. The first-order chi connectivity index (χ1) is 9.47. The number of benzene rings is 1. The van der Waals surface area contributed by atoms with E-state index in [9.17, 15) is 5.11 Å². The van der Waals surface area contributed by atoms with E-state index in [4.69, 9.17) is 4.98 Å². The van der Waals surface area contributed by atoms with Gasteiger partial charge in [0.15, 0.2) is 0 Å². The van der Waals surface area contributed by atoms with Crippen molar-refractivity contribution in [3.8, 4) is 16.2 Å². The Morgan fingerprint density at radius 1 is 1.00 bits per heavy atom. The van der Waals surface area contributed by atoms with Crippen LogP contribution in [-0.2, 0) is 5.41 Å². The lowest BCUT2D eigenvalue weighted by Crippen LogP contribution is -2.12. The zero-order chi connectivity index (χ0) is 14.3. The lowest BCUT2D eigenvalue weighted by Gasteiger charge is -2.17. The first kappa shape index (κ1) is 13.1. The van der Waals surface area contributed by atoms with E-state index >= 15 is 0 Å². The predicted molar refractivity (Wildman–Crippen MR) is 85.4 cm³/mol. The first-order valence-corrected chi connectivity index (χ1v) is 7.47. The Kier molecular flexibility index (Phi) is 3.02. The highest BCUT2D eigenvalue weighted by molar-refractivity contribution is 7.22. The molecular formula is C17H17NOS. The molecule has 0 aliphatic carbocycles. The number of thiophene rings is 1. The second-order valence-corrected chi connectivity index (χ2v) is 6.94. The molecule has 0 aliphatic rings. The lowest BCUT2D eigenvalue weighted by atomic mass is 9.91. The van der Waals surface area contributed by atoms with E-state index in [-0.39, 0.29) is 5.41 Å². The largest absolute Gasteiger partial charge is 0.506 e. The van der Waals surface area contributed by atoms with E-state index in [0.717, 1.165) is 26.4 Å². The minimum atomic E-state index is 0.0146. The Hall–Kier alpha value is -1.87. The van der Waals surface area contributed by atoms with Gasteiger partial charge in [-0.1, -0.05) is 51.1 Å². The summed E-state index contributed by atoms with van der Waals surface area (Å²) in [7, 11) is 0. The molecule has 0 atom stereocenters. The van der Waals surface area contributed by atoms with Gasteiger partial charge >= 0.3 is 0 Å². The Bertz CT molecular complexity index is 754. The van der Waals surface area contributed by atoms with E-state index in [2.05, 4.69) is 20.8 Å². The number of nitrogens with zero attached hydrogens (tertiary/aromatic N) is 1. The lowest BCUT2D eigenvalue weighted by molar-refractivity contribution is 0.485. The van der Waals surface area contributed by atoms with Gasteiger partial charge in [0.25, 0.3) is 0 Å². The minimum absolute atomic E-state index is 0.0146. The molecule has 3 aromatic rings. The van der Waals surface area contributed by atoms with Gasteiger partial charge in [-0.2, -0.15) is 0 Å². The van der Waals surface area contributed by atoms with Gasteiger partial charge in [0, 0.05) is 11.1 Å². The van der Waals surface area contributed by atoms with Gasteiger partial charge in [-0.25, -0.2) is 4.98 Å². The van der Waals surface area contributed by atoms with Crippen LogP contribution < -0.4 is 0 Å². The summed E-state index contributed by atoms with van der Waals surface area (Å²) in [5.74, 6) is 0.337. The molecule has 2 nitrogen and oxygen atoms in total. The average molecular weight is 283 g/mol. The fourth-order valence-corrected chi connectivity index (χ4v) is 3.24. The highest BCUT2D eigenvalue weighted by atomic mass is 32.1. The van der Waals surface area contributed by atoms with E-state index in [1.54, 1.807) is 11.3 Å². The maximum Gasteiger partial charge on any atom is 0.143 e. The first-order valence-electron chi connectivity index (χ1n) is 6.65. The number of pyridine rings is 1. The zero-order valence-corrected chi connectivity index (χ0v) is 12.7. The third-order valence-electron chi connectivity index (χ3n) is 3.33. The van der Waals surface area contributed by atoms with Crippen molar-refractivity contribution in [2.45, 2.75) is 26.2 Å². The SMILES string of the molecule is CC(C)(C)c1ccc2c(O)c(-c3ccccc3)sc2n1. The molecule has 0 aliphatic heterocycles. The summed E-state index contributed by atoms with van der Waals surface area (Å²) >= 11 is 1.55. The second-order valence-electron chi connectivity index (χ2n) is 5.95.